The van der Waals surface area contributed by atoms with Crippen LogP contribution in [-0.4, -0.2) is 36.9 Å². The summed E-state index contributed by atoms with van der Waals surface area (Å²) < 4.78 is 1.52. The minimum absolute atomic E-state index is 0.112. The van der Waals surface area contributed by atoms with Crippen LogP contribution in [0.1, 0.15) is 5.56 Å². The SMILES string of the molecule is OCCc1cncc(-n2cnnn2)c1. The molecule has 0 atom stereocenters. The highest BCUT2D eigenvalue weighted by Gasteiger charge is 1.99. The minimum Gasteiger partial charge on any atom is -0.396 e. The molecule has 0 spiro atoms. The number of tetrazole rings is 1. The molecule has 0 aliphatic heterocycles. The second-order valence-corrected chi connectivity index (χ2v) is 2.78. The molecule has 0 unspecified atom stereocenters. The quantitative estimate of drug-likeness (QED) is 0.713. The zero-order chi connectivity index (χ0) is 9.80. The van der Waals surface area contributed by atoms with Crippen LogP contribution in [0.2, 0.25) is 0 Å². The van der Waals surface area contributed by atoms with E-state index in [0.717, 1.165) is 11.3 Å². The van der Waals surface area contributed by atoms with Crippen molar-refractivity contribution in [1.82, 2.24) is 25.2 Å². The Bertz CT molecular complexity index is 400. The van der Waals surface area contributed by atoms with E-state index < -0.39 is 0 Å². The van der Waals surface area contributed by atoms with Gasteiger partial charge in [0, 0.05) is 12.8 Å². The summed E-state index contributed by atoms with van der Waals surface area (Å²) in [5.74, 6) is 0. The number of pyridine rings is 1. The van der Waals surface area contributed by atoms with Crippen LogP contribution in [0.5, 0.6) is 0 Å². The lowest BCUT2D eigenvalue weighted by molar-refractivity contribution is 0.299. The van der Waals surface area contributed by atoms with Gasteiger partial charge in [-0.05, 0) is 28.5 Å². The van der Waals surface area contributed by atoms with E-state index in [1.807, 2.05) is 6.07 Å². The van der Waals surface area contributed by atoms with Crippen molar-refractivity contribution in [3.63, 3.8) is 0 Å². The first-order valence-electron chi connectivity index (χ1n) is 4.18. The van der Waals surface area contributed by atoms with Crippen LogP contribution in [0.3, 0.4) is 0 Å². The van der Waals surface area contributed by atoms with E-state index in [-0.39, 0.29) is 6.61 Å². The summed E-state index contributed by atoms with van der Waals surface area (Å²) in [6.07, 6.45) is 5.46. The van der Waals surface area contributed by atoms with Crippen molar-refractivity contribution in [3.05, 3.63) is 30.4 Å². The first kappa shape index (κ1) is 8.76. The molecule has 14 heavy (non-hydrogen) atoms. The molecule has 2 heterocycles. The van der Waals surface area contributed by atoms with Crippen molar-refractivity contribution in [2.24, 2.45) is 0 Å². The van der Waals surface area contributed by atoms with E-state index in [4.69, 9.17) is 5.11 Å². The summed E-state index contributed by atoms with van der Waals surface area (Å²) in [5, 5.41) is 19.6. The number of aromatic nitrogens is 5. The first-order chi connectivity index (χ1) is 6.90. The molecular weight excluding hydrogens is 182 g/mol. The molecule has 2 aromatic rings. The second kappa shape index (κ2) is 3.93. The van der Waals surface area contributed by atoms with E-state index in [0.29, 0.717) is 6.42 Å². The third kappa shape index (κ3) is 1.74. The van der Waals surface area contributed by atoms with Crippen molar-refractivity contribution in [1.29, 1.82) is 0 Å². The molecular formula is C8H9N5O. The zero-order valence-corrected chi connectivity index (χ0v) is 7.41. The Hall–Kier alpha value is -1.82. The van der Waals surface area contributed by atoms with Gasteiger partial charge in [-0.3, -0.25) is 4.98 Å². The third-order valence-corrected chi connectivity index (χ3v) is 1.79. The molecule has 0 bridgehead atoms. The molecule has 72 valence electrons. The fourth-order valence-electron chi connectivity index (χ4n) is 1.14. The summed E-state index contributed by atoms with van der Waals surface area (Å²) in [6.45, 7) is 0.112. The summed E-state index contributed by atoms with van der Waals surface area (Å²) in [5.41, 5.74) is 1.75. The van der Waals surface area contributed by atoms with Gasteiger partial charge < -0.3 is 5.11 Å². The third-order valence-electron chi connectivity index (χ3n) is 1.79. The van der Waals surface area contributed by atoms with Crippen LogP contribution < -0.4 is 0 Å². The van der Waals surface area contributed by atoms with Crippen molar-refractivity contribution in [3.8, 4) is 5.69 Å². The highest BCUT2D eigenvalue weighted by Crippen LogP contribution is 2.06. The van der Waals surface area contributed by atoms with Gasteiger partial charge in [-0.1, -0.05) is 0 Å². The van der Waals surface area contributed by atoms with Crippen molar-refractivity contribution in [2.75, 3.05) is 6.61 Å². The van der Waals surface area contributed by atoms with Crippen LogP contribution >= 0.6 is 0 Å². The van der Waals surface area contributed by atoms with Gasteiger partial charge in [-0.2, -0.15) is 4.68 Å². The molecule has 1 N–H and O–H groups in total. The zero-order valence-electron chi connectivity index (χ0n) is 7.41. The van der Waals surface area contributed by atoms with Gasteiger partial charge in [0.05, 0.1) is 11.9 Å². The lowest BCUT2D eigenvalue weighted by Gasteiger charge is -2.01. The van der Waals surface area contributed by atoms with Crippen molar-refractivity contribution >= 4 is 0 Å². The molecule has 6 nitrogen and oxygen atoms in total. The Balaban J connectivity index is 2.31. The fourth-order valence-corrected chi connectivity index (χ4v) is 1.14. The van der Waals surface area contributed by atoms with Gasteiger partial charge in [0.2, 0.25) is 0 Å². The van der Waals surface area contributed by atoms with E-state index in [9.17, 15) is 0 Å². The van der Waals surface area contributed by atoms with Crippen LogP contribution in [0.4, 0.5) is 0 Å². The average Bonchev–Trinajstić information content (AvgIpc) is 2.71. The molecule has 0 fully saturated rings. The topological polar surface area (TPSA) is 76.7 Å². The summed E-state index contributed by atoms with van der Waals surface area (Å²) in [6, 6.07) is 1.89. The number of hydrogen-bond donors (Lipinski definition) is 1. The predicted octanol–water partition coefficient (Wildman–Crippen LogP) is -0.408. The van der Waals surface area contributed by atoms with Gasteiger partial charge in [0.15, 0.2) is 0 Å². The Morgan fingerprint density at radius 1 is 1.36 bits per heavy atom. The number of aliphatic hydroxyl groups is 1. The average molecular weight is 191 g/mol. The molecule has 0 saturated heterocycles. The van der Waals surface area contributed by atoms with Crippen molar-refractivity contribution < 1.29 is 5.11 Å². The molecule has 2 aromatic heterocycles. The molecule has 0 amide bonds. The van der Waals surface area contributed by atoms with Crippen molar-refractivity contribution in [2.45, 2.75) is 6.42 Å². The largest absolute Gasteiger partial charge is 0.396 e. The van der Waals surface area contributed by atoms with Gasteiger partial charge >= 0.3 is 0 Å². The first-order valence-corrected chi connectivity index (χ1v) is 4.18. The summed E-state index contributed by atoms with van der Waals surface area (Å²) in [4.78, 5) is 4.03. The molecule has 2 rings (SSSR count). The Labute approximate surface area is 80.2 Å². The number of hydrogen-bond acceptors (Lipinski definition) is 5. The molecule has 0 aliphatic carbocycles. The smallest absolute Gasteiger partial charge is 0.143 e. The van der Waals surface area contributed by atoms with E-state index in [2.05, 4.69) is 20.5 Å². The van der Waals surface area contributed by atoms with Crippen LogP contribution in [0.15, 0.2) is 24.8 Å². The van der Waals surface area contributed by atoms with Gasteiger partial charge in [0.1, 0.15) is 6.33 Å². The maximum atomic E-state index is 8.77. The Morgan fingerprint density at radius 3 is 3.00 bits per heavy atom. The van der Waals surface area contributed by atoms with Crippen LogP contribution in [0.25, 0.3) is 5.69 Å². The lowest BCUT2D eigenvalue weighted by Crippen LogP contribution is -1.99. The Morgan fingerprint density at radius 2 is 2.29 bits per heavy atom. The molecule has 0 radical (unpaired) electrons. The molecule has 0 aliphatic rings. The predicted molar refractivity (Wildman–Crippen MR) is 47.7 cm³/mol. The highest BCUT2D eigenvalue weighted by atomic mass is 16.2. The highest BCUT2D eigenvalue weighted by molar-refractivity contribution is 5.30. The van der Waals surface area contributed by atoms with Gasteiger partial charge in [0.25, 0.3) is 0 Å². The molecule has 0 saturated carbocycles. The number of rotatable bonds is 3. The number of aliphatic hydroxyl groups excluding tert-OH is 1. The molecule has 0 aromatic carbocycles. The lowest BCUT2D eigenvalue weighted by atomic mass is 10.2. The summed E-state index contributed by atoms with van der Waals surface area (Å²) >= 11 is 0. The van der Waals surface area contributed by atoms with Gasteiger partial charge in [-0.25, -0.2) is 0 Å². The number of nitrogens with zero attached hydrogens (tertiary/aromatic N) is 5. The van der Waals surface area contributed by atoms with E-state index in [1.165, 1.54) is 11.0 Å². The summed E-state index contributed by atoms with van der Waals surface area (Å²) in [7, 11) is 0. The minimum atomic E-state index is 0.112. The van der Waals surface area contributed by atoms with Crippen LogP contribution in [-0.2, 0) is 6.42 Å². The van der Waals surface area contributed by atoms with Crippen LogP contribution in [0, 0.1) is 0 Å². The standard InChI is InChI=1S/C8H9N5O/c14-2-1-7-3-8(5-9-4-7)13-6-10-11-12-13/h3-6,14H,1-2H2. The Kier molecular flexibility index (Phi) is 2.46. The van der Waals surface area contributed by atoms with E-state index in [1.54, 1.807) is 12.4 Å². The molecule has 6 heteroatoms. The fraction of sp³-hybridized carbons (Fsp3) is 0.250. The van der Waals surface area contributed by atoms with Gasteiger partial charge in [-0.15, -0.1) is 5.10 Å². The normalized spacial score (nSPS) is 10.4. The maximum Gasteiger partial charge on any atom is 0.143 e. The maximum absolute atomic E-state index is 8.77. The second-order valence-electron chi connectivity index (χ2n) is 2.78. The monoisotopic (exact) mass is 191 g/mol. The van der Waals surface area contributed by atoms with E-state index >= 15 is 0 Å².